The van der Waals surface area contributed by atoms with Gasteiger partial charge in [0.25, 0.3) is 0 Å². The van der Waals surface area contributed by atoms with Crippen LogP contribution in [0.2, 0.25) is 0 Å². The van der Waals surface area contributed by atoms with Gasteiger partial charge in [0, 0.05) is 29.1 Å². The van der Waals surface area contributed by atoms with Crippen molar-refractivity contribution < 1.29 is 49.1 Å². The molecule has 3 heterocycles. The van der Waals surface area contributed by atoms with E-state index in [0.717, 1.165) is 22.6 Å². The zero-order valence-electron chi connectivity index (χ0n) is 16.4. The summed E-state index contributed by atoms with van der Waals surface area (Å²) in [7, 11) is 0.907. The minimum absolute atomic E-state index is 0. The Labute approximate surface area is 181 Å². The molecule has 0 bridgehead atoms. The number of fused-ring (bicyclic) bond motifs is 1. The SMILES string of the molecule is COc1ccc2[n-]c(S(C)(O)Cc3ncc(C)c(OC)c3C)nc2n1.O.[Na+]. The summed E-state index contributed by atoms with van der Waals surface area (Å²) < 4.78 is 21.6. The van der Waals surface area contributed by atoms with E-state index in [2.05, 4.69) is 19.9 Å². The van der Waals surface area contributed by atoms with Crippen LogP contribution in [-0.2, 0) is 5.75 Å². The maximum Gasteiger partial charge on any atom is 1.00 e. The minimum atomic E-state index is -2.28. The van der Waals surface area contributed by atoms with Crippen molar-refractivity contribution in [2.24, 2.45) is 0 Å². The van der Waals surface area contributed by atoms with Gasteiger partial charge < -0.3 is 29.5 Å². The van der Waals surface area contributed by atoms with Crippen LogP contribution in [-0.4, -0.2) is 45.5 Å². The molecule has 0 aliphatic heterocycles. The van der Waals surface area contributed by atoms with E-state index in [-0.39, 0.29) is 35.0 Å². The number of pyridine rings is 2. The summed E-state index contributed by atoms with van der Waals surface area (Å²) in [5, 5.41) is 0.393. The van der Waals surface area contributed by atoms with Gasteiger partial charge in [-0.3, -0.25) is 4.98 Å². The van der Waals surface area contributed by atoms with Crippen molar-refractivity contribution in [3.63, 3.8) is 0 Å². The van der Waals surface area contributed by atoms with Crippen molar-refractivity contribution in [2.45, 2.75) is 24.8 Å². The Hall–Kier alpha value is -1.36. The van der Waals surface area contributed by atoms with Crippen molar-refractivity contribution in [3.05, 3.63) is 35.2 Å². The quantitative estimate of drug-likeness (QED) is 0.558. The van der Waals surface area contributed by atoms with Crippen LogP contribution >= 0.6 is 10.3 Å². The summed E-state index contributed by atoms with van der Waals surface area (Å²) >= 11 is 0. The van der Waals surface area contributed by atoms with E-state index in [9.17, 15) is 4.55 Å². The molecule has 27 heavy (non-hydrogen) atoms. The van der Waals surface area contributed by atoms with Gasteiger partial charge in [0.15, 0.2) is 0 Å². The molecule has 0 aliphatic carbocycles. The topological polar surface area (TPSA) is 123 Å². The second kappa shape index (κ2) is 9.22. The van der Waals surface area contributed by atoms with Gasteiger partial charge in [-0.05, 0) is 30.8 Å². The van der Waals surface area contributed by atoms with Crippen molar-refractivity contribution in [1.29, 1.82) is 0 Å². The van der Waals surface area contributed by atoms with E-state index in [1.807, 2.05) is 13.8 Å². The van der Waals surface area contributed by atoms with Crippen LogP contribution < -0.4 is 44.0 Å². The number of rotatable bonds is 5. The summed E-state index contributed by atoms with van der Waals surface area (Å²) in [6.07, 6.45) is 3.51. The molecule has 0 saturated heterocycles. The molecule has 0 fully saturated rings. The number of aromatic nitrogens is 4. The molecule has 1 atom stereocenters. The Kier molecular flexibility index (Phi) is 8.09. The molecule has 0 aromatic carbocycles. The van der Waals surface area contributed by atoms with Crippen LogP contribution in [0.15, 0.2) is 23.5 Å². The molecule has 0 saturated carbocycles. The van der Waals surface area contributed by atoms with E-state index >= 15 is 0 Å². The molecular weight excluding hydrogens is 379 g/mol. The second-order valence-electron chi connectivity index (χ2n) is 5.93. The third kappa shape index (κ3) is 4.74. The van der Waals surface area contributed by atoms with Gasteiger partial charge in [0.05, 0.1) is 25.6 Å². The Balaban J connectivity index is 0.00000182. The van der Waals surface area contributed by atoms with Crippen molar-refractivity contribution in [3.8, 4) is 11.6 Å². The van der Waals surface area contributed by atoms with Crippen LogP contribution in [0, 0.1) is 13.8 Å². The molecular formula is C17H23N4NaO4S. The van der Waals surface area contributed by atoms with E-state index in [4.69, 9.17) is 9.47 Å². The normalized spacial score (nSPS) is 13.9. The first-order valence-electron chi connectivity index (χ1n) is 7.68. The van der Waals surface area contributed by atoms with Crippen LogP contribution in [0.25, 0.3) is 11.2 Å². The largest absolute Gasteiger partial charge is 1.00 e. The Morgan fingerprint density at radius 1 is 1.15 bits per heavy atom. The van der Waals surface area contributed by atoms with Gasteiger partial charge in [-0.2, -0.15) is 0 Å². The molecule has 3 aromatic rings. The maximum absolute atomic E-state index is 11.0. The standard InChI is InChI=1S/C17H21N4O3S.Na.H2O/c1-10-8-18-13(11(2)15(10)24-4)9-25(5,22)17-19-12-6-7-14(23-3)20-16(12)21-17;;/h6-8H,9H2,1-5H3,(H-,19,20,21,22);;1H2/q-1;+1;. The van der Waals surface area contributed by atoms with Crippen LogP contribution in [0.5, 0.6) is 11.6 Å². The summed E-state index contributed by atoms with van der Waals surface area (Å²) in [5.74, 6) is 1.61. The molecule has 0 spiro atoms. The average molecular weight is 402 g/mol. The number of hydrogen-bond acceptors (Lipinski definition) is 6. The Morgan fingerprint density at radius 2 is 1.85 bits per heavy atom. The first-order chi connectivity index (χ1) is 11.9. The van der Waals surface area contributed by atoms with Crippen molar-refractivity contribution in [2.75, 3.05) is 20.5 Å². The number of hydrogen-bond donors (Lipinski definition) is 1. The van der Waals surface area contributed by atoms with Gasteiger partial charge in [0.2, 0.25) is 5.88 Å². The van der Waals surface area contributed by atoms with Gasteiger partial charge in [0.1, 0.15) is 5.75 Å². The van der Waals surface area contributed by atoms with Crippen LogP contribution in [0.3, 0.4) is 0 Å². The number of methoxy groups -OCH3 is 2. The number of ether oxygens (including phenoxy) is 2. The molecule has 142 valence electrons. The van der Waals surface area contributed by atoms with Crippen LogP contribution in [0.4, 0.5) is 0 Å². The van der Waals surface area contributed by atoms with Gasteiger partial charge in [-0.25, -0.2) is 4.98 Å². The van der Waals surface area contributed by atoms with E-state index in [0.29, 0.717) is 28.0 Å². The van der Waals surface area contributed by atoms with E-state index < -0.39 is 10.3 Å². The predicted molar refractivity (Wildman–Crippen MR) is 101 cm³/mol. The fraction of sp³-hybridized carbons (Fsp3) is 0.353. The average Bonchev–Trinajstić information content (AvgIpc) is 3.02. The minimum Gasteiger partial charge on any atom is -0.496 e. The molecule has 10 heteroatoms. The van der Waals surface area contributed by atoms with Crippen molar-refractivity contribution in [1.82, 2.24) is 19.9 Å². The maximum atomic E-state index is 11.0. The molecule has 0 amide bonds. The van der Waals surface area contributed by atoms with Gasteiger partial charge >= 0.3 is 29.6 Å². The molecule has 3 rings (SSSR count). The zero-order valence-corrected chi connectivity index (χ0v) is 19.2. The third-order valence-electron chi connectivity index (χ3n) is 4.02. The first-order valence-corrected chi connectivity index (χ1v) is 9.85. The summed E-state index contributed by atoms with van der Waals surface area (Å²) in [5.41, 5.74) is 3.76. The molecule has 3 N–H and O–H groups in total. The molecule has 0 radical (unpaired) electrons. The van der Waals surface area contributed by atoms with E-state index in [1.54, 1.807) is 38.8 Å². The number of aryl methyl sites for hydroxylation is 1. The van der Waals surface area contributed by atoms with Crippen LogP contribution in [0.1, 0.15) is 16.8 Å². The van der Waals surface area contributed by atoms with Gasteiger partial charge in [-0.15, -0.1) is 10.3 Å². The first kappa shape index (κ1) is 23.7. The smallest absolute Gasteiger partial charge is 0.496 e. The Morgan fingerprint density at radius 3 is 2.48 bits per heavy atom. The predicted octanol–water partition coefficient (Wildman–Crippen LogP) is -0.738. The summed E-state index contributed by atoms with van der Waals surface area (Å²) in [6, 6.07) is 3.51. The summed E-state index contributed by atoms with van der Waals surface area (Å²) in [4.78, 5) is 17.6. The molecule has 1 unspecified atom stereocenters. The fourth-order valence-corrected chi connectivity index (χ4v) is 4.20. The summed E-state index contributed by atoms with van der Waals surface area (Å²) in [6.45, 7) is 3.89. The molecule has 0 aliphatic rings. The third-order valence-corrected chi connectivity index (χ3v) is 5.82. The molecule has 8 nitrogen and oxygen atoms in total. The number of imidazole rings is 1. The van der Waals surface area contributed by atoms with Gasteiger partial charge in [-0.1, -0.05) is 6.07 Å². The molecule has 3 aromatic heterocycles. The fourth-order valence-electron chi connectivity index (χ4n) is 2.67. The van der Waals surface area contributed by atoms with E-state index in [1.165, 1.54) is 0 Å². The second-order valence-corrected chi connectivity index (χ2v) is 8.67. The van der Waals surface area contributed by atoms with Crippen molar-refractivity contribution >= 4 is 21.5 Å². The monoisotopic (exact) mass is 402 g/mol. The zero-order chi connectivity index (χ0) is 18.2. The number of nitrogens with zero attached hydrogens (tertiary/aromatic N) is 4. The Bertz CT molecular complexity index is 933.